The third-order valence-electron chi connectivity index (χ3n) is 4.58. The molecule has 2 aromatic carbocycles. The molecule has 0 fully saturated rings. The SMILES string of the molecule is CCN(c1ccccc1)[N+]1(c2ccccc2)C(NC)=CC=NC1C. The molecule has 4 heteroatoms. The Kier molecular flexibility index (Phi) is 4.67. The molecule has 1 N–H and O–H groups in total. The van der Waals surface area contributed by atoms with E-state index >= 15 is 0 Å². The van der Waals surface area contributed by atoms with Crippen LogP contribution in [0.15, 0.2) is 77.6 Å². The van der Waals surface area contributed by atoms with Gasteiger partial charge >= 0.3 is 0 Å². The standard InChI is InChI=1S/C20H25N4/c1-4-23(18-11-7-5-8-12-18)24(19-13-9-6-10-14-19)17(2)22-16-15-20(24)21-3/h5-17,21H,4H2,1-3H3/q+1. The van der Waals surface area contributed by atoms with Crippen LogP contribution in [0.2, 0.25) is 0 Å². The smallest absolute Gasteiger partial charge is 0.234 e. The summed E-state index contributed by atoms with van der Waals surface area (Å²) < 4.78 is 0.522. The first kappa shape index (κ1) is 16.3. The van der Waals surface area contributed by atoms with E-state index in [9.17, 15) is 0 Å². The van der Waals surface area contributed by atoms with Crippen molar-refractivity contribution in [3.63, 3.8) is 0 Å². The molecule has 124 valence electrons. The minimum atomic E-state index is 0.0278. The Balaban J connectivity index is 2.26. The van der Waals surface area contributed by atoms with Crippen molar-refractivity contribution in [2.24, 2.45) is 4.99 Å². The molecular formula is C20H25N4+. The maximum atomic E-state index is 4.74. The predicted octanol–water partition coefficient (Wildman–Crippen LogP) is 3.93. The number of hydrogen-bond acceptors (Lipinski definition) is 3. The molecule has 0 aromatic heterocycles. The van der Waals surface area contributed by atoms with Gasteiger partial charge in [0.15, 0.2) is 5.69 Å². The summed E-state index contributed by atoms with van der Waals surface area (Å²) in [5.74, 6) is 1.11. The summed E-state index contributed by atoms with van der Waals surface area (Å²) in [6.07, 6.45) is 3.99. The van der Waals surface area contributed by atoms with Gasteiger partial charge < -0.3 is 5.32 Å². The third kappa shape index (κ3) is 2.49. The molecule has 1 aliphatic rings. The summed E-state index contributed by atoms with van der Waals surface area (Å²) in [5, 5.41) is 5.80. The topological polar surface area (TPSA) is 27.6 Å². The first-order valence-electron chi connectivity index (χ1n) is 8.44. The number of allylic oxidation sites excluding steroid dienone is 1. The molecule has 1 heterocycles. The summed E-state index contributed by atoms with van der Waals surface area (Å²) in [6.45, 7) is 5.21. The van der Waals surface area contributed by atoms with Crippen LogP contribution in [0.3, 0.4) is 0 Å². The minimum Gasteiger partial charge on any atom is -0.342 e. The summed E-state index contributed by atoms with van der Waals surface area (Å²) in [4.78, 5) is 4.74. The molecule has 0 aliphatic carbocycles. The third-order valence-corrected chi connectivity index (χ3v) is 4.58. The Labute approximate surface area is 144 Å². The van der Waals surface area contributed by atoms with Gasteiger partial charge in [-0.1, -0.05) is 36.4 Å². The van der Waals surface area contributed by atoms with Crippen molar-refractivity contribution < 1.29 is 0 Å². The van der Waals surface area contributed by atoms with Crippen LogP contribution >= 0.6 is 0 Å². The number of quaternary nitrogens is 1. The van der Waals surface area contributed by atoms with Crippen molar-refractivity contribution in [1.82, 2.24) is 9.91 Å². The van der Waals surface area contributed by atoms with Crippen LogP contribution in [-0.2, 0) is 0 Å². The Morgan fingerprint density at radius 2 is 1.67 bits per heavy atom. The van der Waals surface area contributed by atoms with E-state index in [2.05, 4.69) is 90.9 Å². The van der Waals surface area contributed by atoms with Gasteiger partial charge in [0.05, 0.1) is 12.2 Å². The van der Waals surface area contributed by atoms with Gasteiger partial charge in [-0.2, -0.15) is 0 Å². The summed E-state index contributed by atoms with van der Waals surface area (Å²) >= 11 is 0. The summed E-state index contributed by atoms with van der Waals surface area (Å²) in [5.41, 5.74) is 2.36. The fourth-order valence-electron chi connectivity index (χ4n) is 3.57. The Hall–Kier alpha value is -2.59. The number of rotatable bonds is 5. The summed E-state index contributed by atoms with van der Waals surface area (Å²) in [6, 6.07) is 21.1. The zero-order valence-electron chi connectivity index (χ0n) is 14.6. The van der Waals surface area contributed by atoms with Gasteiger partial charge in [0.25, 0.3) is 0 Å². The molecule has 0 bridgehead atoms. The van der Waals surface area contributed by atoms with Crippen LogP contribution < -0.4 is 14.9 Å². The van der Waals surface area contributed by atoms with Crippen LogP contribution in [0.25, 0.3) is 0 Å². The number of para-hydroxylation sites is 2. The van der Waals surface area contributed by atoms with Gasteiger partial charge in [0, 0.05) is 38.4 Å². The van der Waals surface area contributed by atoms with Gasteiger partial charge in [-0.15, -0.1) is 4.59 Å². The van der Waals surface area contributed by atoms with E-state index in [1.54, 1.807) is 0 Å². The average molecular weight is 321 g/mol. The lowest BCUT2D eigenvalue weighted by Gasteiger charge is -2.49. The van der Waals surface area contributed by atoms with Gasteiger partial charge in [0.2, 0.25) is 12.0 Å². The lowest BCUT2D eigenvalue weighted by atomic mass is 10.2. The summed E-state index contributed by atoms with van der Waals surface area (Å²) in [7, 11) is 1.98. The van der Waals surface area contributed by atoms with Crippen molar-refractivity contribution in [3.8, 4) is 0 Å². The van der Waals surface area contributed by atoms with Crippen molar-refractivity contribution in [3.05, 3.63) is 72.6 Å². The van der Waals surface area contributed by atoms with Crippen LogP contribution in [0, 0.1) is 0 Å². The van der Waals surface area contributed by atoms with Gasteiger partial charge in [-0.3, -0.25) is 0 Å². The lowest BCUT2D eigenvalue weighted by molar-refractivity contribution is 0.236. The van der Waals surface area contributed by atoms with Crippen LogP contribution in [0.4, 0.5) is 11.4 Å². The van der Waals surface area contributed by atoms with E-state index in [0.29, 0.717) is 4.59 Å². The van der Waals surface area contributed by atoms with Gasteiger partial charge in [-0.25, -0.2) is 10.0 Å². The highest BCUT2D eigenvalue weighted by atomic mass is 15.8. The molecule has 0 spiro atoms. The zero-order valence-corrected chi connectivity index (χ0v) is 14.6. The van der Waals surface area contributed by atoms with Crippen LogP contribution in [0.5, 0.6) is 0 Å². The largest absolute Gasteiger partial charge is 0.342 e. The molecule has 0 saturated heterocycles. The number of benzene rings is 2. The molecule has 0 amide bonds. The molecule has 2 unspecified atom stereocenters. The Morgan fingerprint density at radius 1 is 1.04 bits per heavy atom. The monoisotopic (exact) mass is 321 g/mol. The zero-order chi connectivity index (χ0) is 17.0. The van der Waals surface area contributed by atoms with E-state index < -0.39 is 0 Å². The second-order valence-corrected chi connectivity index (χ2v) is 5.80. The van der Waals surface area contributed by atoms with Crippen molar-refractivity contribution in [2.75, 3.05) is 18.6 Å². The molecule has 1 aliphatic heterocycles. The van der Waals surface area contributed by atoms with E-state index in [0.717, 1.165) is 12.4 Å². The molecule has 3 rings (SSSR count). The average Bonchev–Trinajstić information content (AvgIpc) is 2.65. The second-order valence-electron chi connectivity index (χ2n) is 5.80. The van der Waals surface area contributed by atoms with Crippen LogP contribution in [0.1, 0.15) is 13.8 Å². The second kappa shape index (κ2) is 6.89. The fraction of sp³-hybridized carbons (Fsp3) is 0.250. The fourth-order valence-corrected chi connectivity index (χ4v) is 3.57. The molecule has 4 nitrogen and oxygen atoms in total. The number of nitrogens with zero attached hydrogens (tertiary/aromatic N) is 3. The minimum absolute atomic E-state index is 0.0278. The molecule has 0 saturated carbocycles. The maximum absolute atomic E-state index is 4.74. The van der Waals surface area contributed by atoms with E-state index in [4.69, 9.17) is 4.99 Å². The van der Waals surface area contributed by atoms with Crippen molar-refractivity contribution in [2.45, 2.75) is 20.0 Å². The first-order valence-corrected chi connectivity index (χ1v) is 8.44. The van der Waals surface area contributed by atoms with Crippen LogP contribution in [-0.4, -0.2) is 26.0 Å². The highest BCUT2D eigenvalue weighted by Gasteiger charge is 2.48. The molecule has 0 radical (unpaired) electrons. The normalized spacial score (nSPS) is 22.8. The number of anilines is 1. The van der Waals surface area contributed by atoms with E-state index in [1.807, 2.05) is 13.3 Å². The Bertz CT molecular complexity index is 724. The lowest BCUT2D eigenvalue weighted by Crippen LogP contribution is -2.68. The molecule has 24 heavy (non-hydrogen) atoms. The molecule has 2 aromatic rings. The highest BCUT2D eigenvalue weighted by Crippen LogP contribution is 2.38. The first-order chi connectivity index (χ1) is 11.7. The highest BCUT2D eigenvalue weighted by molar-refractivity contribution is 5.76. The Morgan fingerprint density at radius 3 is 2.25 bits per heavy atom. The van der Waals surface area contributed by atoms with Crippen molar-refractivity contribution >= 4 is 17.6 Å². The van der Waals surface area contributed by atoms with Crippen molar-refractivity contribution in [1.29, 1.82) is 0 Å². The van der Waals surface area contributed by atoms with Gasteiger partial charge in [-0.05, 0) is 19.1 Å². The van der Waals surface area contributed by atoms with Gasteiger partial charge in [0.1, 0.15) is 0 Å². The van der Waals surface area contributed by atoms with E-state index in [-0.39, 0.29) is 6.17 Å². The number of aliphatic imine (C=N–C) groups is 1. The predicted molar refractivity (Wildman–Crippen MR) is 103 cm³/mol. The maximum Gasteiger partial charge on any atom is 0.234 e. The molecule has 2 atom stereocenters. The van der Waals surface area contributed by atoms with E-state index in [1.165, 1.54) is 11.4 Å². The number of hydrogen-bond donors (Lipinski definition) is 1. The number of nitrogens with one attached hydrogen (secondary N) is 1. The quantitative estimate of drug-likeness (QED) is 0.845. The molecular weight excluding hydrogens is 296 g/mol.